The van der Waals surface area contributed by atoms with Crippen molar-refractivity contribution in [3.05, 3.63) is 130 Å². The number of ketones is 1. The molecule has 2 amide bonds. The van der Waals surface area contributed by atoms with Crippen LogP contribution in [-0.2, 0) is 58.9 Å². The zero-order chi connectivity index (χ0) is 47.5. The minimum atomic E-state index is -4.37. The van der Waals surface area contributed by atoms with Crippen LogP contribution < -0.4 is 68.6 Å². The Kier molecular flexibility index (Phi) is 22.5. The van der Waals surface area contributed by atoms with Gasteiger partial charge in [0.2, 0.25) is 0 Å². The monoisotopic (exact) mass is 989 g/mol. The van der Waals surface area contributed by atoms with Gasteiger partial charge in [-0.1, -0.05) is 80.9 Å². The summed E-state index contributed by atoms with van der Waals surface area (Å²) in [7, 11) is -7.48. The largest absolute Gasteiger partial charge is 1.00 e. The van der Waals surface area contributed by atoms with Crippen molar-refractivity contribution in [3.8, 4) is 0 Å². The molecule has 67 heavy (non-hydrogen) atoms. The van der Waals surface area contributed by atoms with Gasteiger partial charge in [0.1, 0.15) is 12.0 Å². The molecular formula is C49H56ClN4Na2O9S2+. The Labute approximate surface area is 445 Å². The number of carbonyl (C=O) groups is 3. The number of amides is 2. The number of rotatable bonds is 20. The van der Waals surface area contributed by atoms with Crippen LogP contribution in [0.1, 0.15) is 108 Å². The van der Waals surface area contributed by atoms with E-state index in [1.54, 1.807) is 0 Å². The van der Waals surface area contributed by atoms with Crippen molar-refractivity contribution >= 4 is 72.7 Å². The number of Topliss-reactive ketones (excluding diaryl/α,β-unsaturated/α-hetero) is 1. The minimum absolute atomic E-state index is 0. The van der Waals surface area contributed by atoms with Crippen molar-refractivity contribution < 1.29 is 104 Å². The fraction of sp³-hybridized carbons (Fsp3) is 0.408. The summed E-state index contributed by atoms with van der Waals surface area (Å²) in [5.41, 5.74) is 7.25. The molecule has 0 radical (unpaired) electrons. The first-order chi connectivity index (χ1) is 30.7. The van der Waals surface area contributed by atoms with Crippen LogP contribution in [0.2, 0.25) is 5.02 Å². The van der Waals surface area contributed by atoms with Gasteiger partial charge in [0.05, 0.1) is 32.7 Å². The van der Waals surface area contributed by atoms with Crippen LogP contribution >= 0.6 is 11.6 Å². The summed E-state index contributed by atoms with van der Waals surface area (Å²) in [4.78, 5) is 44.7. The Bertz CT molecular complexity index is 2670. The van der Waals surface area contributed by atoms with Crippen molar-refractivity contribution in [2.24, 2.45) is 4.99 Å². The molecular weight excluding hydrogens is 934 g/mol. The third-order valence-electron chi connectivity index (χ3n) is 11.9. The first-order valence-electron chi connectivity index (χ1n) is 21.8. The molecule has 2 aromatic carbocycles. The van der Waals surface area contributed by atoms with Gasteiger partial charge in [-0.25, -0.2) is 13.0 Å². The Morgan fingerprint density at radius 3 is 2.25 bits per heavy atom. The number of imide groups is 1. The maximum Gasteiger partial charge on any atom is 1.00 e. The number of unbranched alkanes of at least 4 members (excludes halogenated alkanes) is 2. The van der Waals surface area contributed by atoms with Crippen molar-refractivity contribution in [2.75, 3.05) is 23.7 Å². The normalized spacial score (nSPS) is 16.3. The van der Waals surface area contributed by atoms with Crippen molar-refractivity contribution in [1.82, 2.24) is 4.90 Å². The predicted molar refractivity (Wildman–Crippen MR) is 251 cm³/mol. The van der Waals surface area contributed by atoms with Crippen molar-refractivity contribution in [2.45, 2.75) is 110 Å². The number of hydrogen-bond donors (Lipinski definition) is 0. The summed E-state index contributed by atoms with van der Waals surface area (Å²) in [6, 6.07) is 19.4. The van der Waals surface area contributed by atoms with E-state index in [4.69, 9.17) is 29.2 Å². The van der Waals surface area contributed by atoms with E-state index in [9.17, 15) is 27.4 Å². The maximum absolute atomic E-state index is 12.7. The molecule has 6 rings (SSSR count). The van der Waals surface area contributed by atoms with Gasteiger partial charge in [-0.2, -0.15) is 18.2 Å². The molecule has 0 saturated carbocycles. The van der Waals surface area contributed by atoms with E-state index in [1.807, 2.05) is 36.5 Å². The summed E-state index contributed by atoms with van der Waals surface area (Å²) < 4.78 is 62.2. The number of carbonyl (C=O) groups excluding carboxylic acids is 3. The summed E-state index contributed by atoms with van der Waals surface area (Å²) in [6.07, 6.45) is 18.7. The third kappa shape index (κ3) is 15.8. The van der Waals surface area contributed by atoms with Crippen LogP contribution in [-0.4, -0.2) is 72.6 Å². The van der Waals surface area contributed by atoms with Gasteiger partial charge in [0.25, 0.3) is 11.8 Å². The molecule has 0 unspecified atom stereocenters. The van der Waals surface area contributed by atoms with Crippen LogP contribution in [0.15, 0.2) is 102 Å². The number of halogens is 1. The number of anilines is 1. The first-order valence-corrected chi connectivity index (χ1v) is 24.7. The SMILES string of the molecule is CCCC[n+]1cc(Cl)cc2c1N=C(/C=C/C(=C/C=C1/N(CCCS(=O)(=O)[O-])c3cc[c-]cc3C1(C)C)c1cccc(CCCCC(=O)CCCN3C(=O)C=CC3=O)c1)C2(C)C.O=S(=O)=O.[Na+].[Na+]. The molecule has 0 saturated heterocycles. The molecule has 0 fully saturated rings. The Morgan fingerprint density at radius 2 is 1.58 bits per heavy atom. The first kappa shape index (κ1) is 58.0. The van der Waals surface area contributed by atoms with Crippen LogP contribution in [0.3, 0.4) is 0 Å². The fourth-order valence-electron chi connectivity index (χ4n) is 8.38. The van der Waals surface area contributed by atoms with Crippen molar-refractivity contribution in [1.29, 1.82) is 0 Å². The Morgan fingerprint density at radius 1 is 0.910 bits per heavy atom. The molecule has 346 valence electrons. The predicted octanol–water partition coefficient (Wildman–Crippen LogP) is 1.84. The number of allylic oxidation sites excluding steroid dienone is 6. The molecule has 0 bridgehead atoms. The van der Waals surface area contributed by atoms with Crippen LogP contribution in [0, 0.1) is 6.07 Å². The van der Waals surface area contributed by atoms with Crippen LogP contribution in [0.4, 0.5) is 11.5 Å². The van der Waals surface area contributed by atoms with Crippen molar-refractivity contribution in [3.63, 3.8) is 0 Å². The van der Waals surface area contributed by atoms with E-state index in [1.165, 1.54) is 17.1 Å². The topological polar surface area (TPSA) is 182 Å². The molecule has 1 aromatic heterocycles. The van der Waals surface area contributed by atoms with Gasteiger partial charge in [-0.3, -0.25) is 19.3 Å². The van der Waals surface area contributed by atoms with Gasteiger partial charge < -0.3 is 9.45 Å². The number of aromatic nitrogens is 1. The fourth-order valence-corrected chi connectivity index (χ4v) is 9.09. The van der Waals surface area contributed by atoms with E-state index in [0.29, 0.717) is 30.8 Å². The van der Waals surface area contributed by atoms with Gasteiger partial charge in [-0.05, 0) is 97.7 Å². The molecule has 3 aromatic rings. The zero-order valence-corrected chi connectivity index (χ0v) is 45.9. The average molecular weight is 991 g/mol. The molecule has 0 atom stereocenters. The number of aryl methyl sites for hydroxylation is 2. The molecule has 18 heteroatoms. The van der Waals surface area contributed by atoms with Crippen LogP contribution in [0.25, 0.3) is 5.57 Å². The minimum Gasteiger partial charge on any atom is -0.748 e. The maximum atomic E-state index is 12.7. The average Bonchev–Trinajstić information content (AvgIpc) is 3.78. The summed E-state index contributed by atoms with van der Waals surface area (Å²) in [5, 5.41) is 0.678. The number of nitrogens with zero attached hydrogens (tertiary/aromatic N) is 4. The van der Waals surface area contributed by atoms with E-state index in [0.717, 1.165) is 89.4 Å². The Balaban J connectivity index is 0.00000191. The number of aliphatic imine (C=N–C) groups is 1. The molecule has 4 heterocycles. The quantitative estimate of drug-likeness (QED) is 0.0308. The number of pyridine rings is 1. The van der Waals surface area contributed by atoms with Gasteiger partial charge in [0.15, 0.2) is 5.71 Å². The molecule has 0 spiro atoms. The number of fused-ring (bicyclic) bond motifs is 2. The second kappa shape index (κ2) is 26.0. The second-order valence-electron chi connectivity index (χ2n) is 17.3. The van der Waals surface area contributed by atoms with E-state index in [2.05, 4.69) is 92.7 Å². The second-order valence-corrected chi connectivity index (χ2v) is 19.7. The molecule has 0 N–H and O–H groups in total. The van der Waals surface area contributed by atoms with Crippen LogP contribution in [0.5, 0.6) is 0 Å². The number of hydrogen-bond acceptors (Lipinski definition) is 11. The van der Waals surface area contributed by atoms with Gasteiger partial charge in [0, 0.05) is 49.5 Å². The summed E-state index contributed by atoms with van der Waals surface area (Å²) in [5.74, 6) is -0.0505. The summed E-state index contributed by atoms with van der Waals surface area (Å²) >= 11 is 6.65. The molecule has 3 aliphatic rings. The summed E-state index contributed by atoms with van der Waals surface area (Å²) in [6.45, 7) is 12.2. The Hall–Kier alpha value is -3.35. The zero-order valence-electron chi connectivity index (χ0n) is 39.5. The third-order valence-corrected chi connectivity index (χ3v) is 12.9. The van der Waals surface area contributed by atoms with E-state index < -0.39 is 37.3 Å². The standard InChI is InChI=1S/C49H57ClN4O6S.2Na.O3S/c1-6-7-28-52-34-38(50)33-41-47(52)51-43(48(41,2)3)24-22-36(23-25-44-49(4,5)40-20-10-11-21-42(40)53(44)30-14-31-61(58,59)60)37-17-12-16-35(32-37)15-8-9-18-39(55)19-13-29-54-45(56)26-27-46(54)57;;;1-4(2)3/h11-12,16-17,20-27,32-34H,6-9,13-15,18-19,28-31H2,1-5H3,(H,58,59,60);;;/q;2*+1;/p-1. The molecule has 3 aliphatic heterocycles. The molecule has 13 nitrogen and oxygen atoms in total. The smallest absolute Gasteiger partial charge is 0.748 e. The number of benzene rings is 2. The van der Waals surface area contributed by atoms with E-state index in [-0.39, 0.29) is 89.7 Å². The molecule has 0 aliphatic carbocycles. The van der Waals surface area contributed by atoms with E-state index >= 15 is 0 Å². The van der Waals surface area contributed by atoms with Gasteiger partial charge in [-0.15, -0.1) is 24.3 Å². The van der Waals surface area contributed by atoms with Gasteiger partial charge >= 0.3 is 75.5 Å².